The first-order chi connectivity index (χ1) is 7.20. The first-order valence-electron chi connectivity index (χ1n) is 5.33. The van der Waals surface area contributed by atoms with Crippen molar-refractivity contribution in [3.8, 4) is 5.69 Å². The van der Waals surface area contributed by atoms with Crippen LogP contribution in [0.25, 0.3) is 5.69 Å². The molecule has 2 rings (SSSR count). The summed E-state index contributed by atoms with van der Waals surface area (Å²) < 4.78 is 1.95. The minimum Gasteiger partial charge on any atom is -0.240 e. The normalized spacial score (nSPS) is 10.6. The van der Waals surface area contributed by atoms with Crippen molar-refractivity contribution in [2.45, 2.75) is 27.2 Å². The average Bonchev–Trinajstić information content (AvgIpc) is 2.61. The highest BCUT2D eigenvalue weighted by atomic mass is 15.3. The summed E-state index contributed by atoms with van der Waals surface area (Å²) in [6.07, 6.45) is 3.15. The van der Waals surface area contributed by atoms with Crippen LogP contribution in [0.5, 0.6) is 0 Å². The first kappa shape index (κ1) is 9.97. The number of rotatable bonds is 2. The predicted octanol–water partition coefficient (Wildman–Crippen LogP) is 3.05. The van der Waals surface area contributed by atoms with Crippen molar-refractivity contribution in [1.82, 2.24) is 9.78 Å². The Kier molecular flexibility index (Phi) is 2.58. The van der Waals surface area contributed by atoms with E-state index in [1.165, 1.54) is 11.1 Å². The number of aryl methyl sites for hydroxylation is 3. The van der Waals surface area contributed by atoms with Crippen LogP contribution in [0.3, 0.4) is 0 Å². The van der Waals surface area contributed by atoms with Crippen molar-refractivity contribution in [1.29, 1.82) is 0 Å². The maximum absolute atomic E-state index is 4.50. The molecule has 2 aromatic rings. The molecule has 0 fully saturated rings. The molecule has 0 bridgehead atoms. The molecule has 0 aliphatic heterocycles. The Balaban J connectivity index is 2.41. The number of benzene rings is 1. The quantitative estimate of drug-likeness (QED) is 0.728. The Morgan fingerprint density at radius 1 is 1.13 bits per heavy atom. The summed E-state index contributed by atoms with van der Waals surface area (Å²) in [5.41, 5.74) is 4.84. The smallest absolute Gasteiger partial charge is 0.0645 e. The van der Waals surface area contributed by atoms with Crippen molar-refractivity contribution >= 4 is 0 Å². The van der Waals surface area contributed by atoms with Gasteiger partial charge in [0.25, 0.3) is 0 Å². The SMILES string of the molecule is CCc1cn(-c2ccc(C)cc2)nc1C. The molecule has 78 valence electrons. The lowest BCUT2D eigenvalue weighted by Gasteiger charge is -2.00. The Morgan fingerprint density at radius 2 is 1.80 bits per heavy atom. The first-order valence-corrected chi connectivity index (χ1v) is 5.33. The van der Waals surface area contributed by atoms with E-state index in [2.05, 4.69) is 56.3 Å². The van der Waals surface area contributed by atoms with Crippen molar-refractivity contribution in [2.24, 2.45) is 0 Å². The summed E-state index contributed by atoms with van der Waals surface area (Å²) in [6, 6.07) is 8.42. The molecule has 2 nitrogen and oxygen atoms in total. The highest BCUT2D eigenvalue weighted by Crippen LogP contribution is 2.12. The van der Waals surface area contributed by atoms with Gasteiger partial charge in [0.05, 0.1) is 11.4 Å². The molecule has 0 amide bonds. The highest BCUT2D eigenvalue weighted by molar-refractivity contribution is 5.35. The molecule has 1 aromatic carbocycles. The zero-order valence-electron chi connectivity index (χ0n) is 9.49. The van der Waals surface area contributed by atoms with Gasteiger partial charge >= 0.3 is 0 Å². The zero-order valence-corrected chi connectivity index (χ0v) is 9.49. The van der Waals surface area contributed by atoms with E-state index < -0.39 is 0 Å². The minimum absolute atomic E-state index is 1.04. The van der Waals surface area contributed by atoms with Gasteiger partial charge in [-0.25, -0.2) is 4.68 Å². The van der Waals surface area contributed by atoms with Crippen molar-refractivity contribution in [3.63, 3.8) is 0 Å². The summed E-state index contributed by atoms with van der Waals surface area (Å²) in [5.74, 6) is 0. The standard InChI is InChI=1S/C13H16N2/c1-4-12-9-15(14-11(12)3)13-7-5-10(2)6-8-13/h5-9H,4H2,1-3H3. The molecule has 0 saturated heterocycles. The zero-order chi connectivity index (χ0) is 10.8. The van der Waals surface area contributed by atoms with Crippen LogP contribution in [0.4, 0.5) is 0 Å². The highest BCUT2D eigenvalue weighted by Gasteiger charge is 2.03. The fourth-order valence-electron chi connectivity index (χ4n) is 1.67. The fraction of sp³-hybridized carbons (Fsp3) is 0.308. The van der Waals surface area contributed by atoms with Crippen LogP contribution < -0.4 is 0 Å². The van der Waals surface area contributed by atoms with Crippen LogP contribution in [0.2, 0.25) is 0 Å². The van der Waals surface area contributed by atoms with Crippen LogP contribution in [0.1, 0.15) is 23.7 Å². The topological polar surface area (TPSA) is 17.8 Å². The number of nitrogens with zero attached hydrogens (tertiary/aromatic N) is 2. The molecule has 0 N–H and O–H groups in total. The Labute approximate surface area is 90.6 Å². The predicted molar refractivity (Wildman–Crippen MR) is 62.4 cm³/mol. The monoisotopic (exact) mass is 200 g/mol. The van der Waals surface area contributed by atoms with E-state index in [0.717, 1.165) is 17.8 Å². The van der Waals surface area contributed by atoms with Gasteiger partial charge < -0.3 is 0 Å². The summed E-state index contributed by atoms with van der Waals surface area (Å²) in [4.78, 5) is 0. The second-order valence-corrected chi connectivity index (χ2v) is 3.87. The molecule has 0 aliphatic carbocycles. The van der Waals surface area contributed by atoms with Crippen molar-refractivity contribution < 1.29 is 0 Å². The lowest BCUT2D eigenvalue weighted by atomic mass is 10.2. The van der Waals surface area contributed by atoms with Gasteiger partial charge in [-0.2, -0.15) is 5.10 Å². The van der Waals surface area contributed by atoms with E-state index >= 15 is 0 Å². The van der Waals surface area contributed by atoms with E-state index in [1.54, 1.807) is 0 Å². The third-order valence-corrected chi connectivity index (χ3v) is 2.68. The molecular formula is C13H16N2. The van der Waals surface area contributed by atoms with Crippen molar-refractivity contribution in [3.05, 3.63) is 47.3 Å². The molecule has 1 heterocycles. The third kappa shape index (κ3) is 1.94. The van der Waals surface area contributed by atoms with E-state index in [0.29, 0.717) is 0 Å². The fourth-order valence-corrected chi connectivity index (χ4v) is 1.67. The lowest BCUT2D eigenvalue weighted by molar-refractivity contribution is 0.862. The molecule has 0 aliphatic rings. The second-order valence-electron chi connectivity index (χ2n) is 3.87. The van der Waals surface area contributed by atoms with Crippen LogP contribution in [-0.4, -0.2) is 9.78 Å². The molecule has 1 aromatic heterocycles. The van der Waals surface area contributed by atoms with Gasteiger partial charge in [-0.05, 0) is 38.0 Å². The molecule has 0 unspecified atom stereocenters. The van der Waals surface area contributed by atoms with Gasteiger partial charge in [0.2, 0.25) is 0 Å². The lowest BCUT2D eigenvalue weighted by Crippen LogP contribution is -1.94. The van der Waals surface area contributed by atoms with Gasteiger partial charge in [-0.15, -0.1) is 0 Å². The van der Waals surface area contributed by atoms with E-state index in [-0.39, 0.29) is 0 Å². The Hall–Kier alpha value is -1.57. The maximum Gasteiger partial charge on any atom is 0.0645 e. The number of hydrogen-bond acceptors (Lipinski definition) is 1. The molecule has 0 spiro atoms. The van der Waals surface area contributed by atoms with Gasteiger partial charge in [0.15, 0.2) is 0 Å². The minimum atomic E-state index is 1.04. The van der Waals surface area contributed by atoms with Crippen LogP contribution in [0.15, 0.2) is 30.5 Å². The second kappa shape index (κ2) is 3.89. The van der Waals surface area contributed by atoms with Gasteiger partial charge in [0.1, 0.15) is 0 Å². The number of aromatic nitrogens is 2. The Morgan fingerprint density at radius 3 is 2.33 bits per heavy atom. The summed E-state index contributed by atoms with van der Waals surface area (Å²) in [6.45, 7) is 6.31. The van der Waals surface area contributed by atoms with Crippen LogP contribution in [0, 0.1) is 13.8 Å². The van der Waals surface area contributed by atoms with Gasteiger partial charge in [-0.3, -0.25) is 0 Å². The summed E-state index contributed by atoms with van der Waals surface area (Å²) >= 11 is 0. The molecule has 0 saturated carbocycles. The van der Waals surface area contributed by atoms with Crippen LogP contribution in [-0.2, 0) is 6.42 Å². The van der Waals surface area contributed by atoms with Gasteiger partial charge in [0, 0.05) is 6.20 Å². The molecule has 0 atom stereocenters. The van der Waals surface area contributed by atoms with Gasteiger partial charge in [-0.1, -0.05) is 24.6 Å². The van der Waals surface area contributed by atoms with Crippen molar-refractivity contribution in [2.75, 3.05) is 0 Å². The largest absolute Gasteiger partial charge is 0.240 e. The average molecular weight is 200 g/mol. The number of hydrogen-bond donors (Lipinski definition) is 0. The summed E-state index contributed by atoms with van der Waals surface area (Å²) in [5, 5.41) is 4.50. The third-order valence-electron chi connectivity index (χ3n) is 2.68. The molecule has 2 heteroatoms. The maximum atomic E-state index is 4.50. The molecular weight excluding hydrogens is 184 g/mol. The van der Waals surface area contributed by atoms with E-state index in [4.69, 9.17) is 0 Å². The van der Waals surface area contributed by atoms with E-state index in [1.807, 2.05) is 4.68 Å². The van der Waals surface area contributed by atoms with Crippen LogP contribution >= 0.6 is 0 Å². The van der Waals surface area contributed by atoms with E-state index in [9.17, 15) is 0 Å². The molecule has 15 heavy (non-hydrogen) atoms. The Bertz CT molecular complexity index is 452. The molecule has 0 radical (unpaired) electrons. The summed E-state index contributed by atoms with van der Waals surface area (Å²) in [7, 11) is 0.